The second-order valence-electron chi connectivity index (χ2n) is 7.04. The van der Waals surface area contributed by atoms with E-state index in [2.05, 4.69) is 20.2 Å². The second kappa shape index (κ2) is 7.67. The van der Waals surface area contributed by atoms with Crippen molar-refractivity contribution in [2.45, 2.75) is 40.2 Å². The number of carbonyl (C=O) groups is 2. The SMILES string of the molecule is CCOC(=O)N1CCN(c2cc(C(=O)NC(C)(C)C)nc(C)n2)CC1. The zero-order chi connectivity index (χ0) is 18.6. The Morgan fingerprint density at radius 1 is 1.20 bits per heavy atom. The highest BCUT2D eigenvalue weighted by molar-refractivity contribution is 5.93. The number of nitrogens with one attached hydrogen (secondary N) is 1. The summed E-state index contributed by atoms with van der Waals surface area (Å²) < 4.78 is 5.03. The van der Waals surface area contributed by atoms with E-state index < -0.39 is 0 Å². The molecule has 138 valence electrons. The Kier molecular flexibility index (Phi) is 5.81. The van der Waals surface area contributed by atoms with E-state index in [9.17, 15) is 9.59 Å². The lowest BCUT2D eigenvalue weighted by atomic mass is 10.1. The van der Waals surface area contributed by atoms with Gasteiger partial charge in [-0.2, -0.15) is 0 Å². The standard InChI is InChI=1S/C17H27N5O3/c1-6-25-16(24)22-9-7-21(8-10-22)14-11-13(18-12(2)19-14)15(23)20-17(3,4)5/h11H,6-10H2,1-5H3,(H,20,23). The maximum Gasteiger partial charge on any atom is 0.409 e. The molecule has 8 heteroatoms. The Morgan fingerprint density at radius 2 is 1.84 bits per heavy atom. The van der Waals surface area contributed by atoms with E-state index in [0.717, 1.165) is 0 Å². The predicted octanol–water partition coefficient (Wildman–Crippen LogP) is 1.59. The Balaban J connectivity index is 2.08. The molecule has 0 unspecified atom stereocenters. The first-order chi connectivity index (χ1) is 11.7. The number of amides is 2. The van der Waals surface area contributed by atoms with Crippen LogP contribution < -0.4 is 10.2 Å². The number of carbonyl (C=O) groups excluding carboxylic acids is 2. The first-order valence-electron chi connectivity index (χ1n) is 8.54. The van der Waals surface area contributed by atoms with Crippen molar-refractivity contribution in [3.63, 3.8) is 0 Å². The van der Waals surface area contributed by atoms with Gasteiger partial charge in [-0.15, -0.1) is 0 Å². The number of piperazine rings is 1. The molecule has 25 heavy (non-hydrogen) atoms. The van der Waals surface area contributed by atoms with Gasteiger partial charge >= 0.3 is 6.09 Å². The third kappa shape index (κ3) is 5.30. The van der Waals surface area contributed by atoms with Crippen LogP contribution in [0.4, 0.5) is 10.6 Å². The van der Waals surface area contributed by atoms with Gasteiger partial charge in [0.2, 0.25) is 0 Å². The molecular weight excluding hydrogens is 322 g/mol. The lowest BCUT2D eigenvalue weighted by Crippen LogP contribution is -2.49. The first kappa shape index (κ1) is 19.0. The highest BCUT2D eigenvalue weighted by Crippen LogP contribution is 2.16. The maximum atomic E-state index is 12.4. The molecule has 2 amide bonds. The van der Waals surface area contributed by atoms with Gasteiger partial charge in [0.15, 0.2) is 0 Å². The van der Waals surface area contributed by atoms with Gasteiger partial charge in [-0.05, 0) is 34.6 Å². The molecular formula is C17H27N5O3. The number of aromatic nitrogens is 2. The summed E-state index contributed by atoms with van der Waals surface area (Å²) >= 11 is 0. The Bertz CT molecular complexity index is 634. The number of rotatable bonds is 3. The topological polar surface area (TPSA) is 87.7 Å². The fraction of sp³-hybridized carbons (Fsp3) is 0.647. The Labute approximate surface area is 148 Å². The molecule has 0 saturated carbocycles. The van der Waals surface area contributed by atoms with Crippen LogP contribution in [0.1, 0.15) is 44.0 Å². The van der Waals surface area contributed by atoms with Crippen LogP contribution in [0.15, 0.2) is 6.07 Å². The average molecular weight is 349 g/mol. The molecule has 2 rings (SSSR count). The minimum atomic E-state index is -0.332. The summed E-state index contributed by atoms with van der Waals surface area (Å²) in [6.07, 6.45) is -0.286. The minimum Gasteiger partial charge on any atom is -0.450 e. The summed E-state index contributed by atoms with van der Waals surface area (Å²) in [7, 11) is 0. The number of hydrogen-bond acceptors (Lipinski definition) is 6. The quantitative estimate of drug-likeness (QED) is 0.892. The summed E-state index contributed by atoms with van der Waals surface area (Å²) in [5.41, 5.74) is 0.0201. The summed E-state index contributed by atoms with van der Waals surface area (Å²) in [5, 5.41) is 2.91. The van der Waals surface area contributed by atoms with Crippen molar-refractivity contribution in [1.82, 2.24) is 20.2 Å². The van der Waals surface area contributed by atoms with Crippen molar-refractivity contribution in [2.24, 2.45) is 0 Å². The van der Waals surface area contributed by atoms with Gasteiger partial charge in [0, 0.05) is 37.8 Å². The van der Waals surface area contributed by atoms with Gasteiger partial charge in [0.25, 0.3) is 5.91 Å². The smallest absolute Gasteiger partial charge is 0.409 e. The van der Waals surface area contributed by atoms with Crippen LogP contribution in [-0.4, -0.2) is 65.2 Å². The van der Waals surface area contributed by atoms with Crippen LogP contribution in [0, 0.1) is 6.92 Å². The lowest BCUT2D eigenvalue weighted by molar-refractivity contribution is 0.0913. The zero-order valence-electron chi connectivity index (χ0n) is 15.6. The van der Waals surface area contributed by atoms with Crippen molar-refractivity contribution >= 4 is 17.8 Å². The second-order valence-corrected chi connectivity index (χ2v) is 7.04. The normalized spacial score (nSPS) is 15.1. The molecule has 1 fully saturated rings. The minimum absolute atomic E-state index is 0.218. The molecule has 8 nitrogen and oxygen atoms in total. The van der Waals surface area contributed by atoms with E-state index in [0.29, 0.717) is 50.1 Å². The van der Waals surface area contributed by atoms with Crippen molar-refractivity contribution < 1.29 is 14.3 Å². The first-order valence-corrected chi connectivity index (χ1v) is 8.54. The third-order valence-corrected chi connectivity index (χ3v) is 3.68. The molecule has 0 spiro atoms. The van der Waals surface area contributed by atoms with Crippen molar-refractivity contribution in [3.05, 3.63) is 17.6 Å². The van der Waals surface area contributed by atoms with E-state index in [1.807, 2.05) is 20.8 Å². The number of anilines is 1. The molecule has 1 N–H and O–H groups in total. The molecule has 1 aliphatic rings. The summed E-state index contributed by atoms with van der Waals surface area (Å²) in [6.45, 7) is 12.1. The molecule has 0 aromatic carbocycles. The molecule has 0 radical (unpaired) electrons. The molecule has 0 atom stereocenters. The molecule has 1 aromatic rings. The van der Waals surface area contributed by atoms with Crippen molar-refractivity contribution in [2.75, 3.05) is 37.7 Å². The predicted molar refractivity (Wildman–Crippen MR) is 94.8 cm³/mol. The van der Waals surface area contributed by atoms with Gasteiger partial charge in [-0.3, -0.25) is 4.79 Å². The Morgan fingerprint density at radius 3 is 2.40 bits per heavy atom. The van der Waals surface area contributed by atoms with Crippen molar-refractivity contribution in [3.8, 4) is 0 Å². The molecule has 1 aromatic heterocycles. The monoisotopic (exact) mass is 349 g/mol. The summed E-state index contributed by atoms with van der Waals surface area (Å²) in [4.78, 5) is 36.6. The van der Waals surface area contributed by atoms with E-state index in [4.69, 9.17) is 4.74 Å². The largest absolute Gasteiger partial charge is 0.450 e. The number of nitrogens with zero attached hydrogens (tertiary/aromatic N) is 4. The highest BCUT2D eigenvalue weighted by atomic mass is 16.6. The van der Waals surface area contributed by atoms with Crippen LogP contribution in [0.2, 0.25) is 0 Å². The molecule has 1 saturated heterocycles. The van der Waals surface area contributed by atoms with E-state index in [1.165, 1.54) is 0 Å². The molecule has 2 heterocycles. The molecule has 0 bridgehead atoms. The maximum absolute atomic E-state index is 12.4. The number of ether oxygens (including phenoxy) is 1. The molecule has 0 aliphatic carbocycles. The van der Waals surface area contributed by atoms with Gasteiger partial charge < -0.3 is 19.9 Å². The summed E-state index contributed by atoms with van der Waals surface area (Å²) in [5.74, 6) is 1.03. The average Bonchev–Trinajstić information content (AvgIpc) is 2.53. The third-order valence-electron chi connectivity index (χ3n) is 3.68. The fourth-order valence-corrected chi connectivity index (χ4v) is 2.57. The van der Waals surface area contributed by atoms with Crippen LogP contribution >= 0.6 is 0 Å². The summed E-state index contributed by atoms with van der Waals surface area (Å²) in [6, 6.07) is 1.70. The van der Waals surface area contributed by atoms with Gasteiger partial charge in [-0.1, -0.05) is 0 Å². The van der Waals surface area contributed by atoms with Crippen LogP contribution in [0.5, 0.6) is 0 Å². The Hall–Kier alpha value is -2.38. The van der Waals surface area contributed by atoms with Crippen molar-refractivity contribution in [1.29, 1.82) is 0 Å². The zero-order valence-corrected chi connectivity index (χ0v) is 15.6. The van der Waals surface area contributed by atoms with Crippen LogP contribution in [0.25, 0.3) is 0 Å². The highest BCUT2D eigenvalue weighted by Gasteiger charge is 2.24. The van der Waals surface area contributed by atoms with Crippen LogP contribution in [-0.2, 0) is 4.74 Å². The van der Waals surface area contributed by atoms with Gasteiger partial charge in [0.1, 0.15) is 17.3 Å². The van der Waals surface area contributed by atoms with Gasteiger partial charge in [-0.25, -0.2) is 14.8 Å². The van der Waals surface area contributed by atoms with E-state index in [-0.39, 0.29) is 17.5 Å². The molecule has 1 aliphatic heterocycles. The van der Waals surface area contributed by atoms with Crippen LogP contribution in [0.3, 0.4) is 0 Å². The van der Waals surface area contributed by atoms with Gasteiger partial charge in [0.05, 0.1) is 6.61 Å². The lowest BCUT2D eigenvalue weighted by Gasteiger charge is -2.34. The van der Waals surface area contributed by atoms with E-state index in [1.54, 1.807) is 24.8 Å². The van der Waals surface area contributed by atoms with E-state index >= 15 is 0 Å². The number of hydrogen-bond donors (Lipinski definition) is 1. The fourth-order valence-electron chi connectivity index (χ4n) is 2.57. The number of aryl methyl sites for hydroxylation is 1.